The van der Waals surface area contributed by atoms with Crippen LogP contribution in [-0.4, -0.2) is 28.7 Å². The molecular formula is C28H25FN2O3. The standard InChI is InChI=1S/C28H25FN2O3/c29-20-15-17-22(18-16-20)30(26(32)19-9-3-1-4-10-19)25-23-13-7-8-14-24(23)27(33)31(28(25)34)21-11-5-2-6-12-21/h1,3-4,7-10,13-18,21,25H,2,5-6,11-12H2. The number of imide groups is 1. The molecule has 5 rings (SSSR count). The molecule has 34 heavy (non-hydrogen) atoms. The van der Waals surface area contributed by atoms with Crippen LogP contribution in [0, 0.1) is 5.82 Å². The van der Waals surface area contributed by atoms with Crippen LogP contribution in [0.1, 0.15) is 64.4 Å². The maximum absolute atomic E-state index is 14.1. The predicted octanol–water partition coefficient (Wildman–Crippen LogP) is 5.53. The van der Waals surface area contributed by atoms with E-state index in [0.29, 0.717) is 22.4 Å². The van der Waals surface area contributed by atoms with Crippen molar-refractivity contribution in [3.05, 3.63) is 101 Å². The van der Waals surface area contributed by atoms with Gasteiger partial charge in [-0.25, -0.2) is 4.39 Å². The summed E-state index contributed by atoms with van der Waals surface area (Å²) in [6.07, 6.45) is 4.52. The number of hydrogen-bond donors (Lipinski definition) is 0. The van der Waals surface area contributed by atoms with E-state index in [9.17, 15) is 18.8 Å². The molecule has 0 aromatic heterocycles. The summed E-state index contributed by atoms with van der Waals surface area (Å²) in [5.41, 5.74) is 1.70. The lowest BCUT2D eigenvalue weighted by Gasteiger charge is -2.42. The van der Waals surface area contributed by atoms with Crippen LogP contribution in [0.25, 0.3) is 0 Å². The number of nitrogens with zero attached hydrogens (tertiary/aromatic N) is 2. The Morgan fingerprint density at radius 3 is 2.18 bits per heavy atom. The van der Waals surface area contributed by atoms with E-state index < -0.39 is 23.7 Å². The molecule has 172 valence electrons. The zero-order valence-corrected chi connectivity index (χ0v) is 18.7. The monoisotopic (exact) mass is 456 g/mol. The van der Waals surface area contributed by atoms with Crippen LogP contribution in [0.4, 0.5) is 10.1 Å². The van der Waals surface area contributed by atoms with E-state index in [0.717, 1.165) is 32.1 Å². The van der Waals surface area contributed by atoms with Gasteiger partial charge >= 0.3 is 0 Å². The molecule has 3 aromatic rings. The molecule has 5 nitrogen and oxygen atoms in total. The number of halogens is 1. The number of anilines is 1. The third-order valence-electron chi connectivity index (χ3n) is 6.72. The van der Waals surface area contributed by atoms with Crippen LogP contribution in [0.15, 0.2) is 78.9 Å². The van der Waals surface area contributed by atoms with Crippen LogP contribution >= 0.6 is 0 Å². The largest absolute Gasteiger partial charge is 0.292 e. The molecule has 0 spiro atoms. The van der Waals surface area contributed by atoms with Gasteiger partial charge in [0.25, 0.3) is 17.7 Å². The van der Waals surface area contributed by atoms with Gasteiger partial charge in [-0.15, -0.1) is 0 Å². The fraction of sp³-hybridized carbons (Fsp3) is 0.250. The Hall–Kier alpha value is -3.80. The van der Waals surface area contributed by atoms with Gasteiger partial charge in [0.15, 0.2) is 0 Å². The minimum Gasteiger partial charge on any atom is -0.292 e. The first-order chi connectivity index (χ1) is 16.6. The van der Waals surface area contributed by atoms with E-state index in [4.69, 9.17) is 0 Å². The second-order valence-electron chi connectivity index (χ2n) is 8.81. The maximum Gasteiger partial charge on any atom is 0.261 e. The van der Waals surface area contributed by atoms with E-state index in [-0.39, 0.29) is 11.9 Å². The van der Waals surface area contributed by atoms with E-state index in [2.05, 4.69) is 0 Å². The van der Waals surface area contributed by atoms with Crippen molar-refractivity contribution in [2.45, 2.75) is 44.2 Å². The molecule has 0 bridgehead atoms. The topological polar surface area (TPSA) is 57.7 Å². The first-order valence-corrected chi connectivity index (χ1v) is 11.7. The van der Waals surface area contributed by atoms with Gasteiger partial charge in [-0.05, 0) is 60.9 Å². The maximum atomic E-state index is 14.1. The van der Waals surface area contributed by atoms with Crippen molar-refractivity contribution in [2.24, 2.45) is 0 Å². The normalized spacial score (nSPS) is 18.5. The molecule has 2 aliphatic rings. The van der Waals surface area contributed by atoms with Gasteiger partial charge in [0.1, 0.15) is 11.9 Å². The molecule has 1 unspecified atom stereocenters. The molecule has 0 radical (unpaired) electrons. The molecule has 0 N–H and O–H groups in total. The van der Waals surface area contributed by atoms with Gasteiger partial charge in [-0.3, -0.25) is 24.2 Å². The van der Waals surface area contributed by atoms with Gasteiger partial charge in [-0.1, -0.05) is 55.7 Å². The summed E-state index contributed by atoms with van der Waals surface area (Å²) >= 11 is 0. The quantitative estimate of drug-likeness (QED) is 0.485. The number of amides is 3. The van der Waals surface area contributed by atoms with Crippen molar-refractivity contribution in [1.29, 1.82) is 0 Å². The first kappa shape index (κ1) is 22.0. The number of hydrogen-bond acceptors (Lipinski definition) is 3. The average Bonchev–Trinajstić information content (AvgIpc) is 2.88. The second-order valence-corrected chi connectivity index (χ2v) is 8.81. The van der Waals surface area contributed by atoms with Crippen molar-refractivity contribution in [3.8, 4) is 0 Å². The Bertz CT molecular complexity index is 1220. The Balaban J connectivity index is 1.67. The van der Waals surface area contributed by atoms with Gasteiger partial charge in [-0.2, -0.15) is 0 Å². The molecular weight excluding hydrogens is 431 g/mol. The molecule has 1 fully saturated rings. The number of rotatable bonds is 4. The van der Waals surface area contributed by atoms with Crippen molar-refractivity contribution >= 4 is 23.4 Å². The summed E-state index contributed by atoms with van der Waals surface area (Å²) in [6, 6.07) is 20.0. The third-order valence-corrected chi connectivity index (χ3v) is 6.72. The Morgan fingerprint density at radius 1 is 0.824 bits per heavy atom. The summed E-state index contributed by atoms with van der Waals surface area (Å²) < 4.78 is 13.8. The summed E-state index contributed by atoms with van der Waals surface area (Å²) in [6.45, 7) is 0. The van der Waals surface area contributed by atoms with E-state index in [1.165, 1.54) is 34.1 Å². The Kier molecular flexibility index (Phi) is 5.97. The molecule has 1 aliphatic carbocycles. The fourth-order valence-corrected chi connectivity index (χ4v) is 5.06. The smallest absolute Gasteiger partial charge is 0.261 e. The Morgan fingerprint density at radius 2 is 1.47 bits per heavy atom. The van der Waals surface area contributed by atoms with Crippen molar-refractivity contribution in [3.63, 3.8) is 0 Å². The number of carbonyl (C=O) groups is 3. The fourth-order valence-electron chi connectivity index (χ4n) is 5.06. The first-order valence-electron chi connectivity index (χ1n) is 11.7. The predicted molar refractivity (Wildman–Crippen MR) is 127 cm³/mol. The summed E-state index contributed by atoms with van der Waals surface area (Å²) in [7, 11) is 0. The third kappa shape index (κ3) is 3.89. The van der Waals surface area contributed by atoms with Gasteiger partial charge in [0.05, 0.1) is 0 Å². The molecule has 3 aromatic carbocycles. The van der Waals surface area contributed by atoms with Crippen molar-refractivity contribution in [1.82, 2.24) is 4.90 Å². The number of fused-ring (bicyclic) bond motifs is 1. The Labute approximate surface area is 197 Å². The van der Waals surface area contributed by atoms with Crippen LogP contribution in [0.3, 0.4) is 0 Å². The highest BCUT2D eigenvalue weighted by Gasteiger charge is 2.46. The average molecular weight is 457 g/mol. The number of carbonyl (C=O) groups excluding carboxylic acids is 3. The highest BCUT2D eigenvalue weighted by molar-refractivity contribution is 6.17. The summed E-state index contributed by atoms with van der Waals surface area (Å²) in [5, 5.41) is 0. The molecule has 1 heterocycles. The molecule has 3 amide bonds. The minimum atomic E-state index is -1.03. The lowest BCUT2D eigenvalue weighted by molar-refractivity contribution is -0.133. The molecule has 0 saturated heterocycles. The zero-order chi connectivity index (χ0) is 23.7. The molecule has 6 heteroatoms. The lowest BCUT2D eigenvalue weighted by Crippen LogP contribution is -2.55. The summed E-state index contributed by atoms with van der Waals surface area (Å²) in [4.78, 5) is 44.1. The van der Waals surface area contributed by atoms with Crippen LogP contribution in [-0.2, 0) is 4.79 Å². The van der Waals surface area contributed by atoms with E-state index >= 15 is 0 Å². The van der Waals surface area contributed by atoms with Crippen molar-refractivity contribution < 1.29 is 18.8 Å². The van der Waals surface area contributed by atoms with E-state index in [1.807, 2.05) is 6.07 Å². The van der Waals surface area contributed by atoms with Crippen LogP contribution < -0.4 is 4.90 Å². The zero-order valence-electron chi connectivity index (χ0n) is 18.7. The summed E-state index contributed by atoms with van der Waals surface area (Å²) in [5.74, 6) is -1.55. The highest BCUT2D eigenvalue weighted by Crippen LogP contribution is 2.39. The van der Waals surface area contributed by atoms with Gasteiger partial charge in [0.2, 0.25) is 0 Å². The molecule has 1 atom stereocenters. The van der Waals surface area contributed by atoms with Crippen LogP contribution in [0.5, 0.6) is 0 Å². The van der Waals surface area contributed by atoms with E-state index in [1.54, 1.807) is 48.5 Å². The second kappa shape index (κ2) is 9.21. The number of benzene rings is 3. The highest BCUT2D eigenvalue weighted by atomic mass is 19.1. The van der Waals surface area contributed by atoms with Crippen LogP contribution in [0.2, 0.25) is 0 Å². The SMILES string of the molecule is O=C1c2ccccc2C(N(C(=O)c2ccccc2)c2ccc(F)cc2)C(=O)N1C1CCCCC1. The molecule has 1 saturated carbocycles. The van der Waals surface area contributed by atoms with Gasteiger partial charge < -0.3 is 0 Å². The van der Waals surface area contributed by atoms with Crippen molar-refractivity contribution in [2.75, 3.05) is 4.90 Å². The minimum absolute atomic E-state index is 0.188. The lowest BCUT2D eigenvalue weighted by atomic mass is 9.87. The molecule has 1 aliphatic heterocycles. The van der Waals surface area contributed by atoms with Gasteiger partial charge in [0, 0.05) is 22.9 Å².